The van der Waals surface area contributed by atoms with Crippen molar-refractivity contribution in [3.05, 3.63) is 11.6 Å². The number of esters is 1. The summed E-state index contributed by atoms with van der Waals surface area (Å²) in [6, 6.07) is 0. The van der Waals surface area contributed by atoms with Gasteiger partial charge in [0.05, 0.1) is 25.4 Å². The molecule has 6 aliphatic rings. The number of rotatable bonds is 6. The van der Waals surface area contributed by atoms with Gasteiger partial charge in [0.2, 0.25) is 0 Å². The predicted molar refractivity (Wildman–Crippen MR) is 154 cm³/mol. The van der Waals surface area contributed by atoms with Crippen LogP contribution in [0.3, 0.4) is 0 Å². The first kappa shape index (κ1) is 31.9. The minimum atomic E-state index is -2.13. The minimum Gasteiger partial charge on any atom is -0.457 e. The van der Waals surface area contributed by atoms with Crippen molar-refractivity contribution in [2.24, 2.45) is 46.3 Å². The maximum atomic E-state index is 12.7. The first-order chi connectivity index (χ1) is 20.3. The van der Waals surface area contributed by atoms with Crippen molar-refractivity contribution < 1.29 is 49.6 Å². The summed E-state index contributed by atoms with van der Waals surface area (Å²) in [5.41, 5.74) is 1.11. The van der Waals surface area contributed by atoms with E-state index in [0.717, 1.165) is 50.7 Å². The predicted octanol–water partition coefficient (Wildman–Crippen LogP) is 1.67. The zero-order valence-corrected chi connectivity index (χ0v) is 26.0. The molecule has 0 aromatic heterocycles. The third-order valence-corrected chi connectivity index (χ3v) is 13.1. The number of carbonyl (C=O) groups is 1. The summed E-state index contributed by atoms with van der Waals surface area (Å²) in [4.78, 5) is 12.7. The van der Waals surface area contributed by atoms with E-state index in [1.165, 1.54) is 0 Å². The maximum Gasteiger partial charge on any atom is 0.338 e. The van der Waals surface area contributed by atoms with Crippen LogP contribution in [0.25, 0.3) is 0 Å². The number of carbonyl (C=O) groups excluding carboxylic acids is 1. The van der Waals surface area contributed by atoms with Crippen LogP contribution in [0.1, 0.15) is 79.1 Å². The third-order valence-electron chi connectivity index (χ3n) is 13.1. The fourth-order valence-corrected chi connectivity index (χ4v) is 10.7. The summed E-state index contributed by atoms with van der Waals surface area (Å²) >= 11 is 0. The molecule has 10 heteroatoms. The topological polar surface area (TPSA) is 166 Å². The van der Waals surface area contributed by atoms with Crippen LogP contribution in [0.4, 0.5) is 0 Å². The van der Waals surface area contributed by atoms with Gasteiger partial charge in [-0.25, -0.2) is 4.79 Å². The Labute approximate surface area is 254 Å². The van der Waals surface area contributed by atoms with Crippen molar-refractivity contribution in [3.8, 4) is 0 Å². The van der Waals surface area contributed by atoms with Crippen LogP contribution in [0.5, 0.6) is 0 Å². The molecule has 3 saturated carbocycles. The number of hydrogen-bond acceptors (Lipinski definition) is 10. The molecule has 6 N–H and O–H groups in total. The molecule has 0 aromatic rings. The minimum absolute atomic E-state index is 0.180. The van der Waals surface area contributed by atoms with Gasteiger partial charge in [0.15, 0.2) is 11.9 Å². The molecule has 4 aliphatic carbocycles. The van der Waals surface area contributed by atoms with Crippen molar-refractivity contribution >= 4 is 5.97 Å². The number of fused-ring (bicyclic) bond motifs is 7. The quantitative estimate of drug-likeness (QED) is 0.193. The van der Waals surface area contributed by atoms with E-state index in [1.54, 1.807) is 0 Å². The number of aliphatic hydroxyl groups is 6. The third kappa shape index (κ3) is 4.94. The molecule has 0 amide bonds. The number of ether oxygens (including phenoxy) is 3. The highest BCUT2D eigenvalue weighted by Gasteiger charge is 2.69. The number of allylic oxidation sites excluding steroid dienone is 1. The van der Waals surface area contributed by atoms with Gasteiger partial charge in [-0.3, -0.25) is 0 Å². The molecule has 1 spiro atoms. The molecule has 6 rings (SSSR count). The van der Waals surface area contributed by atoms with Crippen LogP contribution < -0.4 is 0 Å². The summed E-state index contributed by atoms with van der Waals surface area (Å²) in [5.74, 6) is 1.21. The van der Waals surface area contributed by atoms with Crippen LogP contribution in [0, 0.1) is 46.3 Å². The molecular formula is C33H52O10. The molecule has 244 valence electrons. The Morgan fingerprint density at radius 1 is 1.09 bits per heavy atom. The molecule has 5 fully saturated rings. The summed E-state index contributed by atoms with van der Waals surface area (Å²) in [6.07, 6.45) is -0.124. The molecule has 2 saturated heterocycles. The monoisotopic (exact) mass is 608 g/mol. The van der Waals surface area contributed by atoms with Gasteiger partial charge >= 0.3 is 5.97 Å². The summed E-state index contributed by atoms with van der Waals surface area (Å²) in [7, 11) is 0. The highest BCUT2D eigenvalue weighted by atomic mass is 16.7. The van der Waals surface area contributed by atoms with Gasteiger partial charge in [-0.05, 0) is 78.9 Å². The first-order valence-electron chi connectivity index (χ1n) is 16.5. The van der Waals surface area contributed by atoms with Crippen LogP contribution in [0.15, 0.2) is 11.6 Å². The van der Waals surface area contributed by atoms with Gasteiger partial charge < -0.3 is 44.8 Å². The van der Waals surface area contributed by atoms with Crippen LogP contribution in [0.2, 0.25) is 0 Å². The highest BCUT2D eigenvalue weighted by molar-refractivity contribution is 5.75. The molecule has 2 aliphatic heterocycles. The van der Waals surface area contributed by atoms with Crippen molar-refractivity contribution in [1.82, 2.24) is 0 Å². The van der Waals surface area contributed by atoms with Crippen molar-refractivity contribution in [1.29, 1.82) is 0 Å². The Morgan fingerprint density at radius 3 is 2.51 bits per heavy atom. The second kappa shape index (κ2) is 11.3. The Morgan fingerprint density at radius 2 is 1.84 bits per heavy atom. The molecule has 0 unspecified atom stereocenters. The molecule has 10 nitrogen and oxygen atoms in total. The van der Waals surface area contributed by atoms with E-state index in [0.29, 0.717) is 48.3 Å². The van der Waals surface area contributed by atoms with E-state index >= 15 is 0 Å². The number of hydrogen-bond donors (Lipinski definition) is 6. The van der Waals surface area contributed by atoms with E-state index in [9.17, 15) is 30.3 Å². The van der Waals surface area contributed by atoms with Crippen LogP contribution >= 0.6 is 0 Å². The highest BCUT2D eigenvalue weighted by Crippen LogP contribution is 2.70. The van der Waals surface area contributed by atoms with Crippen molar-refractivity contribution in [3.63, 3.8) is 0 Å². The summed E-state index contributed by atoms with van der Waals surface area (Å²) < 4.78 is 18.8. The van der Waals surface area contributed by atoms with Crippen molar-refractivity contribution in [2.45, 2.75) is 128 Å². The Hall–Kier alpha value is -1.11. The second-order valence-electron chi connectivity index (χ2n) is 15.4. The second-order valence-corrected chi connectivity index (χ2v) is 15.4. The van der Waals surface area contributed by atoms with E-state index in [1.807, 2.05) is 0 Å². The van der Waals surface area contributed by atoms with E-state index in [4.69, 9.17) is 19.3 Å². The standard InChI is InChI=1S/C33H52O10/c1-16-7-10-33(41-15-16)17(2)26-25(43-33)12-21-19-6-5-18-11-24(42-30(40)29(39)28(38)27(37)23(36)14-34)22(35)13-32(18,4)20(19)8-9-31(21,26)3/h5,16-17,19-29,34-39H,6-15H2,1-4H3/t16-,17+,19-,20+,21+,22-,23-,24-,25+,26+,27-,28+,29-,31+,32+,33-/m1/s1. The Kier molecular flexibility index (Phi) is 8.37. The smallest absolute Gasteiger partial charge is 0.338 e. The maximum absolute atomic E-state index is 12.7. The summed E-state index contributed by atoms with van der Waals surface area (Å²) in [6.45, 7) is 9.26. The lowest BCUT2D eigenvalue weighted by atomic mass is 9.46. The SMILES string of the molecule is C[C@@H]1CC[C@@]2(OC1)O[C@H]1C[C@H]3[C@@H]4CC=C5C[C@@H](OC(=O)[C@H](O)[C@@H](O)[C@H](O)[C@H](O)CO)[C@H](O)C[C@]5(C)[C@H]4CC[C@]3(C)[C@H]1[C@@H]2C. The molecule has 0 aromatic carbocycles. The average molecular weight is 609 g/mol. The molecular weight excluding hydrogens is 556 g/mol. The van der Waals surface area contributed by atoms with Gasteiger partial charge in [0.25, 0.3) is 0 Å². The zero-order chi connectivity index (χ0) is 31.1. The average Bonchev–Trinajstić information content (AvgIpc) is 3.42. The normalized spacial score (nSPS) is 50.0. The van der Waals surface area contributed by atoms with Gasteiger partial charge in [-0.15, -0.1) is 0 Å². The molecule has 43 heavy (non-hydrogen) atoms. The first-order valence-corrected chi connectivity index (χ1v) is 16.5. The van der Waals surface area contributed by atoms with Gasteiger partial charge in [-0.2, -0.15) is 0 Å². The fraction of sp³-hybridized carbons (Fsp3) is 0.909. The number of aliphatic hydroxyl groups excluding tert-OH is 6. The molecule has 2 heterocycles. The molecule has 16 atom stereocenters. The van der Waals surface area contributed by atoms with E-state index in [-0.39, 0.29) is 16.9 Å². The van der Waals surface area contributed by atoms with Crippen LogP contribution in [-0.4, -0.2) is 98.3 Å². The molecule has 0 bridgehead atoms. The largest absolute Gasteiger partial charge is 0.457 e. The van der Waals surface area contributed by atoms with Gasteiger partial charge in [-0.1, -0.05) is 39.3 Å². The lowest BCUT2D eigenvalue weighted by molar-refractivity contribution is -0.272. The van der Waals surface area contributed by atoms with E-state index in [2.05, 4.69) is 33.8 Å². The van der Waals surface area contributed by atoms with Gasteiger partial charge in [0.1, 0.15) is 24.4 Å². The molecule has 0 radical (unpaired) electrons. The summed E-state index contributed by atoms with van der Waals surface area (Å²) in [5, 5.41) is 60.0. The lowest BCUT2D eigenvalue weighted by Gasteiger charge is -2.59. The lowest BCUT2D eigenvalue weighted by Crippen LogP contribution is -2.55. The Balaban J connectivity index is 1.15. The van der Waals surface area contributed by atoms with Gasteiger partial charge in [0, 0.05) is 18.8 Å². The van der Waals surface area contributed by atoms with Crippen LogP contribution in [-0.2, 0) is 19.0 Å². The fourth-order valence-electron chi connectivity index (χ4n) is 10.7. The van der Waals surface area contributed by atoms with E-state index < -0.39 is 55.0 Å². The van der Waals surface area contributed by atoms with Crippen molar-refractivity contribution in [2.75, 3.05) is 13.2 Å². The Bertz CT molecular complexity index is 1090. The zero-order valence-electron chi connectivity index (χ0n) is 26.0.